The Labute approximate surface area is 91.1 Å². The molecule has 1 aromatic heterocycles. The van der Waals surface area contributed by atoms with Gasteiger partial charge in [-0.3, -0.25) is 14.5 Å². The van der Waals surface area contributed by atoms with Crippen LogP contribution in [0.1, 0.15) is 13.3 Å². The number of nitrogens with one attached hydrogen (secondary N) is 1. The van der Waals surface area contributed by atoms with Gasteiger partial charge in [-0.05, 0) is 6.92 Å². The van der Waals surface area contributed by atoms with Crippen LogP contribution < -0.4 is 5.32 Å². The maximum absolute atomic E-state index is 11.7. The highest BCUT2D eigenvalue weighted by Crippen LogP contribution is 2.19. The number of imide groups is 1. The van der Waals surface area contributed by atoms with Crippen molar-refractivity contribution in [2.24, 2.45) is 0 Å². The summed E-state index contributed by atoms with van der Waals surface area (Å²) in [6.45, 7) is 2.23. The summed E-state index contributed by atoms with van der Waals surface area (Å²) in [6.07, 6.45) is 1.89. The van der Waals surface area contributed by atoms with Gasteiger partial charge in [0.1, 0.15) is 6.04 Å². The second-order valence-electron chi connectivity index (χ2n) is 3.21. The maximum Gasteiger partial charge on any atom is 0.252 e. The fourth-order valence-electron chi connectivity index (χ4n) is 1.57. The number of likely N-dealkylation sites (tertiary alicyclic amines) is 1. The molecule has 0 bridgehead atoms. The lowest BCUT2D eigenvalue weighted by Crippen LogP contribution is -2.34. The van der Waals surface area contributed by atoms with Gasteiger partial charge in [0.2, 0.25) is 5.91 Å². The molecule has 1 atom stereocenters. The standard InChI is InChI=1S/C9H11N3O2S/c1-2-12-7(13)5-6(8(12)14)11-9-10-3-4-15-9/h3-4,6H,2,5H2,1H3,(H,10,11). The van der Waals surface area contributed by atoms with Gasteiger partial charge in [-0.15, -0.1) is 11.3 Å². The van der Waals surface area contributed by atoms with Crippen LogP contribution in [0, 0.1) is 0 Å². The minimum absolute atomic E-state index is 0.114. The summed E-state index contributed by atoms with van der Waals surface area (Å²) >= 11 is 1.42. The van der Waals surface area contributed by atoms with Gasteiger partial charge >= 0.3 is 0 Å². The van der Waals surface area contributed by atoms with E-state index in [0.717, 1.165) is 0 Å². The van der Waals surface area contributed by atoms with Gasteiger partial charge in [0.05, 0.1) is 6.42 Å². The average molecular weight is 225 g/mol. The van der Waals surface area contributed by atoms with Crippen molar-refractivity contribution < 1.29 is 9.59 Å². The zero-order valence-corrected chi connectivity index (χ0v) is 9.08. The van der Waals surface area contributed by atoms with E-state index in [9.17, 15) is 9.59 Å². The molecule has 2 amide bonds. The average Bonchev–Trinajstić information content (AvgIpc) is 2.78. The van der Waals surface area contributed by atoms with E-state index in [-0.39, 0.29) is 18.2 Å². The molecule has 1 N–H and O–H groups in total. The van der Waals surface area contributed by atoms with Gasteiger partial charge in [-0.2, -0.15) is 0 Å². The third-order valence-electron chi connectivity index (χ3n) is 2.29. The van der Waals surface area contributed by atoms with Crippen molar-refractivity contribution in [1.82, 2.24) is 9.88 Å². The molecular formula is C9H11N3O2S. The quantitative estimate of drug-likeness (QED) is 0.769. The van der Waals surface area contributed by atoms with Gasteiger partial charge in [-0.25, -0.2) is 4.98 Å². The number of thiazole rings is 1. The Morgan fingerprint density at radius 2 is 2.47 bits per heavy atom. The Balaban J connectivity index is 2.06. The van der Waals surface area contributed by atoms with E-state index in [0.29, 0.717) is 11.7 Å². The first-order valence-corrected chi connectivity index (χ1v) is 5.60. The van der Waals surface area contributed by atoms with Crippen molar-refractivity contribution in [2.45, 2.75) is 19.4 Å². The SMILES string of the molecule is CCN1C(=O)CC(Nc2nccs2)C1=O. The number of aromatic nitrogens is 1. The first kappa shape index (κ1) is 10.1. The van der Waals surface area contributed by atoms with Crippen LogP contribution in [-0.4, -0.2) is 34.3 Å². The summed E-state index contributed by atoms with van der Waals surface area (Å²) in [4.78, 5) is 28.4. The lowest BCUT2D eigenvalue weighted by Gasteiger charge is -2.12. The van der Waals surface area contributed by atoms with Gasteiger partial charge < -0.3 is 5.32 Å². The molecule has 2 heterocycles. The van der Waals surface area contributed by atoms with E-state index >= 15 is 0 Å². The molecule has 0 aliphatic carbocycles. The fraction of sp³-hybridized carbons (Fsp3) is 0.444. The van der Waals surface area contributed by atoms with Crippen LogP contribution in [0.25, 0.3) is 0 Å². The molecule has 1 aromatic rings. The van der Waals surface area contributed by atoms with E-state index < -0.39 is 6.04 Å². The predicted molar refractivity (Wildman–Crippen MR) is 56.5 cm³/mol. The highest BCUT2D eigenvalue weighted by molar-refractivity contribution is 7.13. The molecule has 0 spiro atoms. The number of hydrogen-bond donors (Lipinski definition) is 1. The summed E-state index contributed by atoms with van der Waals surface area (Å²) in [5, 5.41) is 5.46. The molecule has 0 saturated carbocycles. The molecule has 0 aromatic carbocycles. The van der Waals surface area contributed by atoms with E-state index in [4.69, 9.17) is 0 Å². The Morgan fingerprint density at radius 1 is 1.67 bits per heavy atom. The molecule has 0 radical (unpaired) electrons. The summed E-state index contributed by atoms with van der Waals surface area (Å²) in [7, 11) is 0. The van der Waals surface area contributed by atoms with Gasteiger partial charge in [-0.1, -0.05) is 0 Å². The molecule has 2 rings (SSSR count). The molecule has 1 unspecified atom stereocenters. The second kappa shape index (κ2) is 3.98. The van der Waals surface area contributed by atoms with Crippen molar-refractivity contribution in [3.05, 3.63) is 11.6 Å². The van der Waals surface area contributed by atoms with E-state index in [1.807, 2.05) is 5.38 Å². The Hall–Kier alpha value is -1.43. The summed E-state index contributed by atoms with van der Waals surface area (Å²) in [6, 6.07) is -0.441. The Bertz CT molecular complexity index is 377. The molecule has 1 aliphatic heterocycles. The first-order valence-electron chi connectivity index (χ1n) is 4.72. The zero-order chi connectivity index (χ0) is 10.8. The summed E-state index contributed by atoms with van der Waals surface area (Å²) in [5.74, 6) is -0.269. The summed E-state index contributed by atoms with van der Waals surface area (Å²) in [5.41, 5.74) is 0. The van der Waals surface area contributed by atoms with E-state index in [1.165, 1.54) is 16.2 Å². The first-order chi connectivity index (χ1) is 7.22. The van der Waals surface area contributed by atoms with Crippen LogP contribution in [0.15, 0.2) is 11.6 Å². The Kier molecular flexibility index (Phi) is 2.68. The van der Waals surface area contributed by atoms with Crippen LogP contribution in [0.3, 0.4) is 0 Å². The number of carbonyl (C=O) groups excluding carboxylic acids is 2. The Morgan fingerprint density at radius 3 is 3.00 bits per heavy atom. The molecule has 6 heteroatoms. The lowest BCUT2D eigenvalue weighted by molar-refractivity contribution is -0.138. The molecule has 15 heavy (non-hydrogen) atoms. The molecule has 1 saturated heterocycles. The third-order valence-corrected chi connectivity index (χ3v) is 2.99. The lowest BCUT2D eigenvalue weighted by atomic mass is 10.2. The monoisotopic (exact) mass is 225 g/mol. The van der Waals surface area contributed by atoms with Crippen molar-refractivity contribution in [3.8, 4) is 0 Å². The van der Waals surface area contributed by atoms with Crippen molar-refractivity contribution >= 4 is 28.3 Å². The minimum Gasteiger partial charge on any atom is -0.349 e. The van der Waals surface area contributed by atoms with Crippen LogP contribution in [-0.2, 0) is 9.59 Å². The van der Waals surface area contributed by atoms with Crippen molar-refractivity contribution in [1.29, 1.82) is 0 Å². The zero-order valence-electron chi connectivity index (χ0n) is 8.27. The number of nitrogens with zero attached hydrogens (tertiary/aromatic N) is 2. The molecule has 5 nitrogen and oxygen atoms in total. The van der Waals surface area contributed by atoms with Crippen LogP contribution in [0.4, 0.5) is 5.13 Å². The summed E-state index contributed by atoms with van der Waals surface area (Å²) < 4.78 is 0. The topological polar surface area (TPSA) is 62.3 Å². The van der Waals surface area contributed by atoms with Crippen molar-refractivity contribution in [2.75, 3.05) is 11.9 Å². The highest BCUT2D eigenvalue weighted by Gasteiger charge is 2.37. The fourth-order valence-corrected chi connectivity index (χ4v) is 2.15. The predicted octanol–water partition coefficient (Wildman–Crippen LogP) is 0.702. The second-order valence-corrected chi connectivity index (χ2v) is 4.11. The van der Waals surface area contributed by atoms with Crippen LogP contribution >= 0.6 is 11.3 Å². The normalized spacial score (nSPS) is 21.1. The number of amides is 2. The van der Waals surface area contributed by atoms with Crippen LogP contribution in [0.5, 0.6) is 0 Å². The molecule has 80 valence electrons. The van der Waals surface area contributed by atoms with E-state index in [1.54, 1.807) is 13.1 Å². The number of anilines is 1. The van der Waals surface area contributed by atoms with Crippen LogP contribution in [0.2, 0.25) is 0 Å². The third kappa shape index (κ3) is 1.85. The number of likely N-dealkylation sites (N-methyl/N-ethyl adjacent to an activating group) is 1. The molecular weight excluding hydrogens is 214 g/mol. The largest absolute Gasteiger partial charge is 0.349 e. The maximum atomic E-state index is 11.7. The van der Waals surface area contributed by atoms with Gasteiger partial charge in [0.25, 0.3) is 5.91 Å². The number of carbonyl (C=O) groups is 2. The number of hydrogen-bond acceptors (Lipinski definition) is 5. The van der Waals surface area contributed by atoms with Crippen molar-refractivity contribution in [3.63, 3.8) is 0 Å². The van der Waals surface area contributed by atoms with E-state index in [2.05, 4.69) is 10.3 Å². The smallest absolute Gasteiger partial charge is 0.252 e. The minimum atomic E-state index is -0.441. The number of rotatable bonds is 3. The van der Waals surface area contributed by atoms with Gasteiger partial charge in [0.15, 0.2) is 5.13 Å². The molecule has 1 aliphatic rings. The highest BCUT2D eigenvalue weighted by atomic mass is 32.1. The molecule has 1 fully saturated rings. The van der Waals surface area contributed by atoms with Gasteiger partial charge in [0, 0.05) is 18.1 Å².